The molecule has 88 valence electrons. The standard InChI is InChI=1S/C13H10F3N/c14-10-5-6-11(15)9(7-10)8-17-13-4-2-1-3-12(13)16/h1-7,17H,8H2. The molecule has 17 heavy (non-hydrogen) atoms. The number of hydrogen-bond donors (Lipinski definition) is 1. The van der Waals surface area contributed by atoms with Gasteiger partial charge in [-0.05, 0) is 30.3 Å². The van der Waals surface area contributed by atoms with Gasteiger partial charge in [-0.2, -0.15) is 0 Å². The predicted molar refractivity (Wildman–Crippen MR) is 60.1 cm³/mol. The second-order valence-electron chi connectivity index (χ2n) is 3.57. The molecule has 1 N–H and O–H groups in total. The van der Waals surface area contributed by atoms with E-state index in [0.717, 1.165) is 18.2 Å². The number of hydrogen-bond acceptors (Lipinski definition) is 1. The van der Waals surface area contributed by atoms with Gasteiger partial charge < -0.3 is 5.32 Å². The minimum absolute atomic E-state index is 0.0323. The molecule has 2 rings (SSSR count). The van der Waals surface area contributed by atoms with Crippen LogP contribution in [0.5, 0.6) is 0 Å². The van der Waals surface area contributed by atoms with Gasteiger partial charge in [0.1, 0.15) is 17.5 Å². The third kappa shape index (κ3) is 2.78. The minimum atomic E-state index is -0.518. The molecule has 1 nitrogen and oxygen atoms in total. The van der Waals surface area contributed by atoms with Crippen LogP contribution in [0.1, 0.15) is 5.56 Å². The Balaban J connectivity index is 2.12. The normalized spacial score (nSPS) is 10.3. The van der Waals surface area contributed by atoms with Gasteiger partial charge in [0.15, 0.2) is 0 Å². The molecule has 0 aromatic heterocycles. The highest BCUT2D eigenvalue weighted by atomic mass is 19.1. The summed E-state index contributed by atoms with van der Waals surface area (Å²) in [5.41, 5.74) is 0.421. The van der Waals surface area contributed by atoms with E-state index < -0.39 is 17.5 Å². The average molecular weight is 237 g/mol. The monoisotopic (exact) mass is 237 g/mol. The van der Waals surface area contributed by atoms with Crippen LogP contribution in [0.3, 0.4) is 0 Å². The van der Waals surface area contributed by atoms with Crippen LogP contribution in [0.25, 0.3) is 0 Å². The lowest BCUT2D eigenvalue weighted by atomic mass is 10.2. The summed E-state index contributed by atoms with van der Waals surface area (Å²) in [6, 6.07) is 9.23. The molecule has 2 aromatic rings. The van der Waals surface area contributed by atoms with Gasteiger partial charge in [0.25, 0.3) is 0 Å². The van der Waals surface area contributed by atoms with E-state index in [1.54, 1.807) is 12.1 Å². The van der Waals surface area contributed by atoms with Crippen LogP contribution in [0, 0.1) is 17.5 Å². The van der Waals surface area contributed by atoms with Crippen molar-refractivity contribution in [2.24, 2.45) is 0 Å². The summed E-state index contributed by atoms with van der Waals surface area (Å²) < 4.78 is 39.4. The Kier molecular flexibility index (Phi) is 3.32. The van der Waals surface area contributed by atoms with Crippen molar-refractivity contribution in [2.75, 3.05) is 5.32 Å². The van der Waals surface area contributed by atoms with Gasteiger partial charge in [-0.15, -0.1) is 0 Å². The maximum Gasteiger partial charge on any atom is 0.146 e. The second-order valence-corrected chi connectivity index (χ2v) is 3.57. The summed E-state index contributed by atoms with van der Waals surface area (Å²) in [6.07, 6.45) is 0. The van der Waals surface area contributed by atoms with Crippen molar-refractivity contribution in [3.05, 3.63) is 65.5 Å². The molecular weight excluding hydrogens is 227 g/mol. The number of benzene rings is 2. The molecule has 0 aliphatic carbocycles. The van der Waals surface area contributed by atoms with E-state index in [0.29, 0.717) is 0 Å². The van der Waals surface area contributed by atoms with E-state index in [1.807, 2.05) is 0 Å². The van der Waals surface area contributed by atoms with Crippen molar-refractivity contribution >= 4 is 5.69 Å². The molecule has 0 aliphatic heterocycles. The maximum absolute atomic E-state index is 13.3. The SMILES string of the molecule is Fc1ccc(F)c(CNc2ccccc2F)c1. The Morgan fingerprint density at radius 1 is 0.882 bits per heavy atom. The van der Waals surface area contributed by atoms with Crippen LogP contribution in [0.2, 0.25) is 0 Å². The first-order valence-electron chi connectivity index (χ1n) is 5.09. The van der Waals surface area contributed by atoms with E-state index >= 15 is 0 Å². The number of halogens is 3. The van der Waals surface area contributed by atoms with Crippen LogP contribution < -0.4 is 5.32 Å². The molecule has 0 unspecified atom stereocenters. The van der Waals surface area contributed by atoms with Gasteiger partial charge >= 0.3 is 0 Å². The zero-order valence-corrected chi connectivity index (χ0v) is 8.88. The predicted octanol–water partition coefficient (Wildman–Crippen LogP) is 3.72. The third-order valence-corrected chi connectivity index (χ3v) is 2.35. The molecule has 0 atom stereocenters. The molecule has 4 heteroatoms. The highest BCUT2D eigenvalue weighted by molar-refractivity contribution is 5.44. The first-order valence-corrected chi connectivity index (χ1v) is 5.09. The minimum Gasteiger partial charge on any atom is -0.378 e. The fourth-order valence-corrected chi connectivity index (χ4v) is 1.47. The summed E-state index contributed by atoms with van der Waals surface area (Å²) in [7, 11) is 0. The Bertz CT molecular complexity index is 526. The largest absolute Gasteiger partial charge is 0.378 e. The fourth-order valence-electron chi connectivity index (χ4n) is 1.47. The fraction of sp³-hybridized carbons (Fsp3) is 0.0769. The summed E-state index contributed by atoms with van der Waals surface area (Å²) >= 11 is 0. The summed E-state index contributed by atoms with van der Waals surface area (Å²) in [5, 5.41) is 2.72. The van der Waals surface area contributed by atoms with Crippen LogP contribution in [0.4, 0.5) is 18.9 Å². The van der Waals surface area contributed by atoms with Gasteiger partial charge in [0, 0.05) is 12.1 Å². The van der Waals surface area contributed by atoms with Crippen LogP contribution in [0.15, 0.2) is 42.5 Å². The number of nitrogens with one attached hydrogen (secondary N) is 1. The molecule has 0 amide bonds. The molecule has 0 fully saturated rings. The quantitative estimate of drug-likeness (QED) is 0.857. The average Bonchev–Trinajstić information content (AvgIpc) is 2.32. The van der Waals surface area contributed by atoms with E-state index in [4.69, 9.17) is 0 Å². The number of para-hydroxylation sites is 1. The van der Waals surface area contributed by atoms with Gasteiger partial charge in [-0.3, -0.25) is 0 Å². The smallest absolute Gasteiger partial charge is 0.146 e. The number of rotatable bonds is 3. The Morgan fingerprint density at radius 2 is 1.65 bits per heavy atom. The first-order chi connectivity index (χ1) is 8.16. The molecule has 0 bridgehead atoms. The van der Waals surface area contributed by atoms with E-state index in [-0.39, 0.29) is 17.8 Å². The Labute approximate surface area is 96.9 Å². The molecule has 0 radical (unpaired) electrons. The lowest BCUT2D eigenvalue weighted by Crippen LogP contribution is -2.03. The third-order valence-electron chi connectivity index (χ3n) is 2.35. The van der Waals surface area contributed by atoms with Crippen LogP contribution in [-0.4, -0.2) is 0 Å². The van der Waals surface area contributed by atoms with Crippen LogP contribution >= 0.6 is 0 Å². The topological polar surface area (TPSA) is 12.0 Å². The lowest BCUT2D eigenvalue weighted by molar-refractivity contribution is 0.587. The van der Waals surface area contributed by atoms with Gasteiger partial charge in [0.05, 0.1) is 5.69 Å². The van der Waals surface area contributed by atoms with Crippen molar-refractivity contribution in [1.82, 2.24) is 0 Å². The van der Waals surface area contributed by atoms with Crippen molar-refractivity contribution in [1.29, 1.82) is 0 Å². The summed E-state index contributed by atoms with van der Waals surface area (Å²) in [5.74, 6) is -1.46. The van der Waals surface area contributed by atoms with Gasteiger partial charge in [-0.25, -0.2) is 13.2 Å². The lowest BCUT2D eigenvalue weighted by Gasteiger charge is -2.08. The summed E-state index contributed by atoms with van der Waals surface area (Å²) in [6.45, 7) is 0.0323. The van der Waals surface area contributed by atoms with Crippen molar-refractivity contribution in [2.45, 2.75) is 6.54 Å². The second kappa shape index (κ2) is 4.91. The van der Waals surface area contributed by atoms with Crippen molar-refractivity contribution in [3.8, 4) is 0 Å². The zero-order chi connectivity index (χ0) is 12.3. The highest BCUT2D eigenvalue weighted by Gasteiger charge is 2.05. The Hall–Kier alpha value is -1.97. The van der Waals surface area contributed by atoms with Gasteiger partial charge in [-0.1, -0.05) is 12.1 Å². The van der Waals surface area contributed by atoms with Crippen molar-refractivity contribution in [3.63, 3.8) is 0 Å². The zero-order valence-electron chi connectivity index (χ0n) is 8.88. The van der Waals surface area contributed by atoms with E-state index in [1.165, 1.54) is 12.1 Å². The molecule has 0 saturated heterocycles. The molecule has 0 spiro atoms. The number of anilines is 1. The van der Waals surface area contributed by atoms with Gasteiger partial charge in [0.2, 0.25) is 0 Å². The molecule has 0 aliphatic rings. The molecule has 0 saturated carbocycles. The molecule has 0 heterocycles. The maximum atomic E-state index is 13.3. The highest BCUT2D eigenvalue weighted by Crippen LogP contribution is 2.15. The first kappa shape index (κ1) is 11.5. The van der Waals surface area contributed by atoms with E-state index in [2.05, 4.69) is 5.32 Å². The molecule has 2 aromatic carbocycles. The van der Waals surface area contributed by atoms with E-state index in [9.17, 15) is 13.2 Å². The van der Waals surface area contributed by atoms with Crippen molar-refractivity contribution < 1.29 is 13.2 Å². The summed E-state index contributed by atoms with van der Waals surface area (Å²) in [4.78, 5) is 0. The molecular formula is C13H10F3N. The Morgan fingerprint density at radius 3 is 2.41 bits per heavy atom. The van der Waals surface area contributed by atoms with Crippen LogP contribution in [-0.2, 0) is 6.54 Å².